The predicted molar refractivity (Wildman–Crippen MR) is 85.2 cm³/mol. The zero-order valence-electron chi connectivity index (χ0n) is 12.0. The lowest BCUT2D eigenvalue weighted by molar-refractivity contribution is 0.102. The summed E-state index contributed by atoms with van der Waals surface area (Å²) in [6.07, 6.45) is 1.29. The van der Waals surface area contributed by atoms with Crippen molar-refractivity contribution in [2.24, 2.45) is 0 Å². The van der Waals surface area contributed by atoms with Crippen molar-refractivity contribution in [3.63, 3.8) is 0 Å². The van der Waals surface area contributed by atoms with Gasteiger partial charge in [-0.2, -0.15) is 10.1 Å². The van der Waals surface area contributed by atoms with Crippen LogP contribution in [0.3, 0.4) is 0 Å². The third kappa shape index (κ3) is 3.41. The maximum atomic E-state index is 12.3. The molecule has 7 heteroatoms. The van der Waals surface area contributed by atoms with Gasteiger partial charge in [-0.1, -0.05) is 30.3 Å². The molecule has 0 bridgehead atoms. The van der Waals surface area contributed by atoms with E-state index in [4.69, 9.17) is 0 Å². The number of nitrogens with one attached hydrogen (secondary N) is 3. The number of anilines is 2. The van der Waals surface area contributed by atoms with Gasteiger partial charge in [0.1, 0.15) is 6.33 Å². The van der Waals surface area contributed by atoms with Crippen molar-refractivity contribution in [3.8, 4) is 0 Å². The number of H-pyrrole nitrogens is 1. The largest absolute Gasteiger partial charge is 0.321 e. The summed E-state index contributed by atoms with van der Waals surface area (Å²) in [5.74, 6) is -0.449. The second kappa shape index (κ2) is 6.52. The minimum atomic E-state index is -0.397. The third-order valence-electron chi connectivity index (χ3n) is 3.10. The molecule has 3 N–H and O–H groups in total. The van der Waals surface area contributed by atoms with E-state index in [1.54, 1.807) is 48.5 Å². The first kappa shape index (κ1) is 14.5. The van der Waals surface area contributed by atoms with Gasteiger partial charge in [0.25, 0.3) is 11.8 Å². The van der Waals surface area contributed by atoms with Gasteiger partial charge < -0.3 is 5.32 Å². The quantitative estimate of drug-likeness (QED) is 0.688. The monoisotopic (exact) mass is 307 g/mol. The Hall–Kier alpha value is -3.48. The summed E-state index contributed by atoms with van der Waals surface area (Å²) in [5, 5.41) is 11.5. The van der Waals surface area contributed by atoms with Gasteiger partial charge in [0, 0.05) is 5.56 Å². The number of nitrogens with zero attached hydrogens (tertiary/aromatic N) is 2. The number of amides is 2. The molecule has 0 saturated carbocycles. The summed E-state index contributed by atoms with van der Waals surface area (Å²) in [7, 11) is 0. The summed E-state index contributed by atoms with van der Waals surface area (Å²) in [5.41, 5.74) is 1.25. The molecule has 3 aromatic rings. The first-order valence-corrected chi connectivity index (χ1v) is 6.86. The third-order valence-corrected chi connectivity index (χ3v) is 3.10. The van der Waals surface area contributed by atoms with Gasteiger partial charge in [-0.05, 0) is 24.3 Å². The molecule has 1 aromatic heterocycles. The Balaban J connectivity index is 1.80. The highest BCUT2D eigenvalue weighted by Crippen LogP contribution is 2.17. The number of aromatic nitrogens is 3. The highest BCUT2D eigenvalue weighted by atomic mass is 16.2. The Morgan fingerprint density at radius 3 is 2.35 bits per heavy atom. The minimum absolute atomic E-state index is 0.235. The van der Waals surface area contributed by atoms with E-state index in [2.05, 4.69) is 25.8 Å². The Bertz CT molecular complexity index is 816. The van der Waals surface area contributed by atoms with Crippen LogP contribution in [0.15, 0.2) is 60.9 Å². The Kier molecular flexibility index (Phi) is 4.10. The number of carbonyl (C=O) groups excluding carboxylic acids is 2. The fourth-order valence-corrected chi connectivity index (χ4v) is 2.01. The SMILES string of the molecule is O=C(Nc1ccccc1C(=O)Nc1ncn[nH]1)c1ccccc1. The van der Waals surface area contributed by atoms with Crippen molar-refractivity contribution < 1.29 is 9.59 Å². The van der Waals surface area contributed by atoms with Crippen molar-refractivity contribution in [2.45, 2.75) is 0 Å². The minimum Gasteiger partial charge on any atom is -0.321 e. The van der Waals surface area contributed by atoms with Gasteiger partial charge >= 0.3 is 0 Å². The van der Waals surface area contributed by atoms with Crippen LogP contribution in [0.4, 0.5) is 11.6 Å². The van der Waals surface area contributed by atoms with Crippen molar-refractivity contribution in [1.29, 1.82) is 0 Å². The maximum absolute atomic E-state index is 12.3. The molecule has 23 heavy (non-hydrogen) atoms. The molecule has 2 amide bonds. The number of hydrogen-bond donors (Lipinski definition) is 3. The summed E-state index contributed by atoms with van der Waals surface area (Å²) >= 11 is 0. The summed E-state index contributed by atoms with van der Waals surface area (Å²) in [6.45, 7) is 0. The van der Waals surface area contributed by atoms with E-state index in [1.165, 1.54) is 6.33 Å². The fraction of sp³-hybridized carbons (Fsp3) is 0. The number of hydrogen-bond acceptors (Lipinski definition) is 4. The van der Waals surface area contributed by atoms with Crippen LogP contribution in [0.2, 0.25) is 0 Å². The lowest BCUT2D eigenvalue weighted by Gasteiger charge is -2.10. The molecular formula is C16H13N5O2. The molecule has 0 spiro atoms. The number of aromatic amines is 1. The fourth-order valence-electron chi connectivity index (χ4n) is 2.01. The van der Waals surface area contributed by atoms with Gasteiger partial charge in [-0.15, -0.1) is 0 Å². The average molecular weight is 307 g/mol. The zero-order valence-corrected chi connectivity index (χ0v) is 12.0. The van der Waals surface area contributed by atoms with Gasteiger partial charge in [0.2, 0.25) is 5.95 Å². The van der Waals surface area contributed by atoms with E-state index in [1.807, 2.05) is 6.07 Å². The topological polar surface area (TPSA) is 99.8 Å². The Morgan fingerprint density at radius 1 is 0.870 bits per heavy atom. The van der Waals surface area contributed by atoms with Crippen LogP contribution >= 0.6 is 0 Å². The molecule has 1 heterocycles. The summed E-state index contributed by atoms with van der Waals surface area (Å²) in [4.78, 5) is 28.4. The van der Waals surface area contributed by atoms with E-state index in [-0.39, 0.29) is 11.9 Å². The number of para-hydroxylation sites is 1. The molecule has 0 aliphatic carbocycles. The molecule has 0 radical (unpaired) electrons. The molecule has 0 saturated heterocycles. The summed E-state index contributed by atoms with van der Waals surface area (Å²) < 4.78 is 0. The predicted octanol–water partition coefficient (Wildman–Crippen LogP) is 2.31. The Morgan fingerprint density at radius 2 is 1.61 bits per heavy atom. The maximum Gasteiger partial charge on any atom is 0.260 e. The van der Waals surface area contributed by atoms with Crippen LogP contribution in [-0.2, 0) is 0 Å². The van der Waals surface area contributed by atoms with Crippen LogP contribution in [0, 0.1) is 0 Å². The van der Waals surface area contributed by atoms with E-state index >= 15 is 0 Å². The number of rotatable bonds is 4. The molecule has 0 fully saturated rings. The van der Waals surface area contributed by atoms with Crippen LogP contribution in [-0.4, -0.2) is 27.0 Å². The highest BCUT2D eigenvalue weighted by molar-refractivity contribution is 6.12. The molecule has 2 aromatic carbocycles. The first-order chi connectivity index (χ1) is 11.2. The van der Waals surface area contributed by atoms with Gasteiger partial charge in [-0.3, -0.25) is 14.9 Å². The summed E-state index contributed by atoms with van der Waals surface area (Å²) in [6, 6.07) is 15.5. The van der Waals surface area contributed by atoms with E-state index in [0.29, 0.717) is 16.8 Å². The van der Waals surface area contributed by atoms with Crippen molar-refractivity contribution in [2.75, 3.05) is 10.6 Å². The molecule has 3 rings (SSSR count). The van der Waals surface area contributed by atoms with Crippen molar-refractivity contribution in [1.82, 2.24) is 15.2 Å². The Labute approximate surface area is 131 Å². The highest BCUT2D eigenvalue weighted by Gasteiger charge is 2.14. The molecular weight excluding hydrogens is 294 g/mol. The molecule has 7 nitrogen and oxygen atoms in total. The second-order valence-electron chi connectivity index (χ2n) is 4.65. The van der Waals surface area contributed by atoms with E-state index < -0.39 is 5.91 Å². The average Bonchev–Trinajstić information content (AvgIpc) is 3.09. The smallest absolute Gasteiger partial charge is 0.260 e. The van der Waals surface area contributed by atoms with E-state index in [0.717, 1.165) is 0 Å². The van der Waals surface area contributed by atoms with Crippen LogP contribution in [0.1, 0.15) is 20.7 Å². The van der Waals surface area contributed by atoms with Gasteiger partial charge in [-0.25, -0.2) is 5.10 Å². The van der Waals surface area contributed by atoms with Gasteiger partial charge in [0.15, 0.2) is 0 Å². The van der Waals surface area contributed by atoms with Crippen molar-refractivity contribution in [3.05, 3.63) is 72.1 Å². The van der Waals surface area contributed by atoms with Crippen molar-refractivity contribution >= 4 is 23.5 Å². The van der Waals surface area contributed by atoms with Crippen LogP contribution in [0.5, 0.6) is 0 Å². The molecule has 114 valence electrons. The second-order valence-corrected chi connectivity index (χ2v) is 4.65. The first-order valence-electron chi connectivity index (χ1n) is 6.86. The van der Waals surface area contributed by atoms with Crippen LogP contribution in [0.25, 0.3) is 0 Å². The lowest BCUT2D eigenvalue weighted by atomic mass is 10.1. The number of carbonyl (C=O) groups is 2. The lowest BCUT2D eigenvalue weighted by Crippen LogP contribution is -2.18. The molecule has 0 unspecified atom stereocenters. The molecule has 0 atom stereocenters. The van der Waals surface area contributed by atoms with Gasteiger partial charge in [0.05, 0.1) is 11.3 Å². The molecule has 0 aliphatic rings. The normalized spacial score (nSPS) is 10.1. The number of benzene rings is 2. The van der Waals surface area contributed by atoms with E-state index in [9.17, 15) is 9.59 Å². The standard InChI is InChI=1S/C16H13N5O2/c22-14(11-6-2-1-3-7-11)19-13-9-5-4-8-12(13)15(23)20-16-17-10-18-21-16/h1-10H,(H,19,22)(H2,17,18,20,21,23). The van der Waals surface area contributed by atoms with Crippen LogP contribution < -0.4 is 10.6 Å². The zero-order chi connectivity index (χ0) is 16.1. The molecule has 0 aliphatic heterocycles.